The van der Waals surface area contributed by atoms with E-state index >= 15 is 0 Å². The number of amides is 1. The summed E-state index contributed by atoms with van der Waals surface area (Å²) in [6.45, 7) is 2.87. The lowest BCUT2D eigenvalue weighted by Gasteiger charge is -2.29. The van der Waals surface area contributed by atoms with Gasteiger partial charge in [-0.3, -0.25) is 4.79 Å². The van der Waals surface area contributed by atoms with Crippen molar-refractivity contribution < 1.29 is 22.7 Å². The summed E-state index contributed by atoms with van der Waals surface area (Å²) in [5.74, 6) is -1.00. The van der Waals surface area contributed by atoms with Gasteiger partial charge < -0.3 is 9.64 Å². The first-order valence-electron chi connectivity index (χ1n) is 11.0. The van der Waals surface area contributed by atoms with E-state index in [2.05, 4.69) is 0 Å². The van der Waals surface area contributed by atoms with E-state index < -0.39 is 22.6 Å². The monoisotopic (exact) mass is 456 g/mol. The summed E-state index contributed by atoms with van der Waals surface area (Å²) >= 11 is 0. The molecule has 0 unspecified atom stereocenters. The lowest BCUT2D eigenvalue weighted by Crippen LogP contribution is -2.38. The summed E-state index contributed by atoms with van der Waals surface area (Å²) < 4.78 is 32.9. The lowest BCUT2D eigenvalue weighted by molar-refractivity contribution is -0.121. The zero-order chi connectivity index (χ0) is 22.7. The third-order valence-electron chi connectivity index (χ3n) is 6.09. The fourth-order valence-corrected chi connectivity index (χ4v) is 6.10. The molecule has 0 saturated carbocycles. The molecule has 1 fully saturated rings. The van der Waals surface area contributed by atoms with Crippen LogP contribution < -0.4 is 4.90 Å². The molecule has 2 aliphatic rings. The van der Waals surface area contributed by atoms with E-state index in [9.17, 15) is 18.0 Å². The number of hydrogen-bond acceptors (Lipinski definition) is 5. The molecule has 0 atom stereocenters. The largest absolute Gasteiger partial charge is 0.452 e. The Morgan fingerprint density at radius 3 is 2.50 bits per heavy atom. The third-order valence-corrected chi connectivity index (χ3v) is 8.14. The maximum Gasteiger partial charge on any atom is 0.338 e. The number of ether oxygens (including phenoxy) is 1. The molecule has 0 aromatic heterocycles. The van der Waals surface area contributed by atoms with Crippen LogP contribution in [0.3, 0.4) is 0 Å². The van der Waals surface area contributed by atoms with Crippen molar-refractivity contribution in [3.05, 3.63) is 59.2 Å². The Morgan fingerprint density at radius 2 is 1.72 bits per heavy atom. The second-order valence-corrected chi connectivity index (χ2v) is 10.2. The smallest absolute Gasteiger partial charge is 0.338 e. The Labute approximate surface area is 189 Å². The number of rotatable bonds is 5. The van der Waals surface area contributed by atoms with E-state index in [-0.39, 0.29) is 16.4 Å². The van der Waals surface area contributed by atoms with E-state index in [1.54, 1.807) is 17.9 Å². The number of carbonyl (C=O) groups excluding carboxylic acids is 2. The van der Waals surface area contributed by atoms with E-state index in [1.807, 2.05) is 24.3 Å². The highest BCUT2D eigenvalue weighted by Crippen LogP contribution is 2.27. The van der Waals surface area contributed by atoms with Crippen LogP contribution in [0, 0.1) is 6.92 Å². The molecule has 2 aliphatic heterocycles. The van der Waals surface area contributed by atoms with E-state index in [0.29, 0.717) is 25.2 Å². The highest BCUT2D eigenvalue weighted by Gasteiger charge is 2.29. The van der Waals surface area contributed by atoms with Crippen LogP contribution in [-0.4, -0.2) is 50.8 Å². The Balaban J connectivity index is 1.46. The Morgan fingerprint density at radius 1 is 0.969 bits per heavy atom. The number of carbonyl (C=O) groups is 2. The summed E-state index contributed by atoms with van der Waals surface area (Å²) in [7, 11) is -3.68. The third kappa shape index (κ3) is 4.56. The molecule has 32 heavy (non-hydrogen) atoms. The molecule has 4 rings (SSSR count). The fraction of sp³-hybridized carbons (Fsp3) is 0.417. The number of para-hydroxylation sites is 1. The van der Waals surface area contributed by atoms with Crippen molar-refractivity contribution in [2.45, 2.75) is 43.9 Å². The van der Waals surface area contributed by atoms with Crippen LogP contribution in [0.4, 0.5) is 5.69 Å². The van der Waals surface area contributed by atoms with Gasteiger partial charge in [-0.2, -0.15) is 4.31 Å². The van der Waals surface area contributed by atoms with E-state index in [0.717, 1.165) is 43.4 Å². The molecule has 0 bridgehead atoms. The Bertz CT molecular complexity index is 1120. The fourth-order valence-electron chi connectivity index (χ4n) is 4.33. The van der Waals surface area contributed by atoms with Gasteiger partial charge in [-0.1, -0.05) is 30.7 Å². The number of benzene rings is 2. The van der Waals surface area contributed by atoms with Crippen LogP contribution in [0.2, 0.25) is 0 Å². The van der Waals surface area contributed by atoms with Gasteiger partial charge in [-0.15, -0.1) is 0 Å². The molecule has 2 heterocycles. The Kier molecular flexibility index (Phi) is 6.62. The number of anilines is 1. The summed E-state index contributed by atoms with van der Waals surface area (Å²) in [5, 5.41) is 0. The van der Waals surface area contributed by atoms with E-state index in [4.69, 9.17) is 4.74 Å². The van der Waals surface area contributed by atoms with E-state index in [1.165, 1.54) is 16.4 Å². The summed E-state index contributed by atoms with van der Waals surface area (Å²) in [5.41, 5.74) is 2.65. The van der Waals surface area contributed by atoms with Crippen LogP contribution in [0.1, 0.15) is 47.2 Å². The number of nitrogens with zero attached hydrogens (tertiary/aromatic N) is 2. The SMILES string of the molecule is Cc1ccc(C(=O)OCC(=O)N2CCCc3ccccc32)cc1S(=O)(=O)N1CCCCC1. The van der Waals surface area contributed by atoms with Gasteiger partial charge in [0.2, 0.25) is 10.0 Å². The molecule has 0 N–H and O–H groups in total. The molecule has 0 spiro atoms. The average Bonchev–Trinajstić information content (AvgIpc) is 2.82. The van der Waals surface area contributed by atoms with Crippen LogP contribution in [0.5, 0.6) is 0 Å². The highest BCUT2D eigenvalue weighted by atomic mass is 32.2. The van der Waals surface area contributed by atoms with Gasteiger partial charge >= 0.3 is 5.97 Å². The first kappa shape index (κ1) is 22.5. The van der Waals surface area contributed by atoms with Crippen LogP contribution in [0.25, 0.3) is 0 Å². The van der Waals surface area contributed by atoms with Crippen molar-refractivity contribution in [3.8, 4) is 0 Å². The molecule has 1 saturated heterocycles. The zero-order valence-corrected chi connectivity index (χ0v) is 19.1. The average molecular weight is 457 g/mol. The van der Waals surface area contributed by atoms with Crippen molar-refractivity contribution >= 4 is 27.6 Å². The molecule has 8 heteroatoms. The number of sulfonamides is 1. The second-order valence-electron chi connectivity index (χ2n) is 8.30. The molecule has 1 amide bonds. The molecular formula is C24H28N2O5S. The van der Waals surface area contributed by atoms with Crippen molar-refractivity contribution in [1.82, 2.24) is 4.31 Å². The number of aryl methyl sites for hydroxylation is 2. The predicted molar refractivity (Wildman–Crippen MR) is 121 cm³/mol. The first-order chi connectivity index (χ1) is 15.4. The minimum atomic E-state index is -3.68. The maximum atomic E-state index is 13.1. The highest BCUT2D eigenvalue weighted by molar-refractivity contribution is 7.89. The van der Waals surface area contributed by atoms with Crippen LogP contribution in [0.15, 0.2) is 47.4 Å². The molecule has 0 aliphatic carbocycles. The summed E-state index contributed by atoms with van der Waals surface area (Å²) in [4.78, 5) is 27.1. The van der Waals surface area contributed by atoms with Crippen molar-refractivity contribution in [3.63, 3.8) is 0 Å². The lowest BCUT2D eigenvalue weighted by atomic mass is 10.0. The first-order valence-corrected chi connectivity index (χ1v) is 12.5. The number of piperidine rings is 1. The number of hydrogen-bond donors (Lipinski definition) is 0. The van der Waals surface area contributed by atoms with Gasteiger partial charge in [-0.25, -0.2) is 13.2 Å². The van der Waals surface area contributed by atoms with Gasteiger partial charge in [-0.05, 0) is 61.9 Å². The molecule has 0 radical (unpaired) electrons. The van der Waals surface area contributed by atoms with Gasteiger partial charge in [0.05, 0.1) is 10.5 Å². The normalized spacial score (nSPS) is 17.0. The van der Waals surface area contributed by atoms with Gasteiger partial charge in [0, 0.05) is 25.3 Å². The minimum Gasteiger partial charge on any atom is -0.452 e. The van der Waals surface area contributed by atoms with Gasteiger partial charge in [0.25, 0.3) is 5.91 Å². The number of esters is 1. The molecule has 7 nitrogen and oxygen atoms in total. The molecule has 2 aromatic carbocycles. The van der Waals surface area contributed by atoms with Crippen LogP contribution in [-0.2, 0) is 26.0 Å². The standard InChI is InChI=1S/C24H28N2O5S/c1-18-11-12-20(16-22(18)32(29,30)25-13-5-2-6-14-25)24(28)31-17-23(27)26-15-7-9-19-8-3-4-10-21(19)26/h3-4,8,10-12,16H,2,5-7,9,13-15,17H2,1H3. The minimum absolute atomic E-state index is 0.116. The Hall–Kier alpha value is -2.71. The predicted octanol–water partition coefficient (Wildman–Crippen LogP) is 3.31. The topological polar surface area (TPSA) is 84.0 Å². The van der Waals surface area contributed by atoms with Gasteiger partial charge in [0.15, 0.2) is 6.61 Å². The second kappa shape index (κ2) is 9.42. The number of fused-ring (bicyclic) bond motifs is 1. The molecule has 170 valence electrons. The van der Waals surface area contributed by atoms with Crippen molar-refractivity contribution in [2.24, 2.45) is 0 Å². The summed E-state index contributed by atoms with van der Waals surface area (Å²) in [6.07, 6.45) is 4.46. The zero-order valence-electron chi connectivity index (χ0n) is 18.2. The maximum absolute atomic E-state index is 13.1. The summed E-state index contributed by atoms with van der Waals surface area (Å²) in [6, 6.07) is 12.2. The van der Waals surface area contributed by atoms with Crippen molar-refractivity contribution in [2.75, 3.05) is 31.1 Å². The quantitative estimate of drug-likeness (QED) is 0.645. The van der Waals surface area contributed by atoms with Crippen LogP contribution >= 0.6 is 0 Å². The van der Waals surface area contributed by atoms with Gasteiger partial charge in [0.1, 0.15) is 0 Å². The molecule has 2 aromatic rings. The molecular weight excluding hydrogens is 428 g/mol. The van der Waals surface area contributed by atoms with Crippen molar-refractivity contribution in [1.29, 1.82) is 0 Å².